The quantitative estimate of drug-likeness (QED) is 0.763. The number of hydrogen-bond acceptors (Lipinski definition) is 3. The SMILES string of the molecule is Cc1c(Cl)cccc1S(=O)(=O)N1CCC[C@H](NC(=O)C2CCCCCC2)C1. The summed E-state index contributed by atoms with van der Waals surface area (Å²) in [7, 11) is -3.62. The molecule has 2 fully saturated rings. The minimum atomic E-state index is -3.62. The fraction of sp³-hybridized carbons (Fsp3) is 0.650. The lowest BCUT2D eigenvalue weighted by atomic mass is 9.98. The number of carbonyl (C=O) groups excluding carboxylic acids is 1. The van der Waals surface area contributed by atoms with Crippen molar-refractivity contribution in [1.29, 1.82) is 0 Å². The zero-order valence-electron chi connectivity index (χ0n) is 15.9. The number of rotatable bonds is 4. The van der Waals surface area contributed by atoms with Gasteiger partial charge in [0, 0.05) is 30.1 Å². The molecule has 1 atom stereocenters. The minimum Gasteiger partial charge on any atom is -0.352 e. The summed E-state index contributed by atoms with van der Waals surface area (Å²) in [4.78, 5) is 12.9. The number of amides is 1. The summed E-state index contributed by atoms with van der Waals surface area (Å²) in [6.07, 6.45) is 8.09. The lowest BCUT2D eigenvalue weighted by Crippen LogP contribution is -2.50. The van der Waals surface area contributed by atoms with Crippen LogP contribution in [-0.4, -0.2) is 37.8 Å². The molecule has 2 aliphatic rings. The van der Waals surface area contributed by atoms with Crippen molar-refractivity contribution in [3.63, 3.8) is 0 Å². The second-order valence-electron chi connectivity index (χ2n) is 7.76. The predicted octanol–water partition coefficient (Wildman–Crippen LogP) is 3.89. The highest BCUT2D eigenvalue weighted by Crippen LogP contribution is 2.28. The van der Waals surface area contributed by atoms with E-state index in [1.54, 1.807) is 25.1 Å². The Labute approximate surface area is 167 Å². The second-order valence-corrected chi connectivity index (χ2v) is 10.1. The Hall–Kier alpha value is -1.11. The van der Waals surface area contributed by atoms with Crippen molar-refractivity contribution in [3.8, 4) is 0 Å². The molecule has 27 heavy (non-hydrogen) atoms. The van der Waals surface area contributed by atoms with Crippen LogP contribution in [0.2, 0.25) is 5.02 Å². The summed E-state index contributed by atoms with van der Waals surface area (Å²) in [5, 5.41) is 3.58. The average Bonchev–Trinajstić information content (AvgIpc) is 2.93. The molecule has 0 unspecified atom stereocenters. The Morgan fingerprint density at radius 2 is 1.81 bits per heavy atom. The number of halogens is 1. The number of piperidine rings is 1. The van der Waals surface area contributed by atoms with Crippen molar-refractivity contribution in [2.45, 2.75) is 69.2 Å². The Morgan fingerprint density at radius 1 is 1.11 bits per heavy atom. The van der Waals surface area contributed by atoms with Crippen molar-refractivity contribution >= 4 is 27.5 Å². The first-order valence-electron chi connectivity index (χ1n) is 9.95. The molecule has 0 radical (unpaired) electrons. The fourth-order valence-electron chi connectivity index (χ4n) is 4.15. The van der Waals surface area contributed by atoms with Crippen LogP contribution in [0.1, 0.15) is 56.9 Å². The number of nitrogens with zero attached hydrogens (tertiary/aromatic N) is 1. The maximum atomic E-state index is 13.1. The standard InChI is InChI=1S/C20H29ClN2O3S/c1-15-18(21)11-6-12-19(15)27(25,26)23-13-7-10-17(14-23)22-20(24)16-8-4-2-3-5-9-16/h6,11-12,16-17H,2-5,7-10,13-14H2,1H3,(H,22,24)/t17-/m0/s1. The highest BCUT2D eigenvalue weighted by molar-refractivity contribution is 7.89. The minimum absolute atomic E-state index is 0.0784. The van der Waals surface area contributed by atoms with Crippen molar-refractivity contribution in [2.24, 2.45) is 5.92 Å². The van der Waals surface area contributed by atoms with E-state index in [9.17, 15) is 13.2 Å². The highest BCUT2D eigenvalue weighted by Gasteiger charge is 2.33. The van der Waals surface area contributed by atoms with Gasteiger partial charge in [0.15, 0.2) is 0 Å². The maximum Gasteiger partial charge on any atom is 0.243 e. The van der Waals surface area contributed by atoms with Gasteiger partial charge in [-0.1, -0.05) is 43.4 Å². The van der Waals surface area contributed by atoms with Crippen LogP contribution in [0.5, 0.6) is 0 Å². The molecule has 3 rings (SSSR count). The van der Waals surface area contributed by atoms with Crippen LogP contribution in [0, 0.1) is 12.8 Å². The van der Waals surface area contributed by atoms with Crippen molar-refractivity contribution in [1.82, 2.24) is 9.62 Å². The zero-order chi connectivity index (χ0) is 19.4. The molecule has 1 aliphatic carbocycles. The van der Waals surface area contributed by atoms with E-state index in [1.165, 1.54) is 17.1 Å². The topological polar surface area (TPSA) is 66.5 Å². The maximum absolute atomic E-state index is 13.1. The summed E-state index contributed by atoms with van der Waals surface area (Å²) in [6, 6.07) is 4.84. The van der Waals surface area contributed by atoms with E-state index in [1.807, 2.05) is 0 Å². The third-order valence-corrected chi connectivity index (χ3v) is 8.21. The molecule has 1 aromatic carbocycles. The summed E-state index contributed by atoms with van der Waals surface area (Å²) in [6.45, 7) is 2.53. The smallest absolute Gasteiger partial charge is 0.243 e. The molecule has 1 saturated heterocycles. The van der Waals surface area contributed by atoms with Gasteiger partial charge in [0.2, 0.25) is 15.9 Å². The Bertz CT molecular complexity index is 773. The number of benzene rings is 1. The molecule has 0 spiro atoms. The third-order valence-electron chi connectivity index (χ3n) is 5.79. The predicted molar refractivity (Wildman–Crippen MR) is 107 cm³/mol. The molecular formula is C20H29ClN2O3S. The van der Waals surface area contributed by atoms with Gasteiger partial charge in [0.25, 0.3) is 0 Å². The van der Waals surface area contributed by atoms with Gasteiger partial charge in [-0.05, 0) is 50.3 Å². The number of carbonyl (C=O) groups is 1. The average molecular weight is 413 g/mol. The summed E-state index contributed by atoms with van der Waals surface area (Å²) in [5.41, 5.74) is 0.573. The van der Waals surface area contributed by atoms with Gasteiger partial charge in [-0.3, -0.25) is 4.79 Å². The molecule has 5 nitrogen and oxygen atoms in total. The van der Waals surface area contributed by atoms with Crippen molar-refractivity contribution in [3.05, 3.63) is 28.8 Å². The Balaban J connectivity index is 1.68. The molecule has 0 aromatic heterocycles. The van der Waals surface area contributed by atoms with E-state index in [4.69, 9.17) is 11.6 Å². The molecule has 1 aliphatic heterocycles. The van der Waals surface area contributed by atoms with Gasteiger partial charge in [-0.15, -0.1) is 0 Å². The monoisotopic (exact) mass is 412 g/mol. The van der Waals surface area contributed by atoms with Crippen LogP contribution in [-0.2, 0) is 14.8 Å². The first-order valence-corrected chi connectivity index (χ1v) is 11.8. The van der Waals surface area contributed by atoms with Crippen molar-refractivity contribution < 1.29 is 13.2 Å². The van der Waals surface area contributed by atoms with Gasteiger partial charge in [0.1, 0.15) is 0 Å². The van der Waals surface area contributed by atoms with Crippen LogP contribution in [0.3, 0.4) is 0 Å². The normalized spacial score (nSPS) is 23.0. The molecule has 0 bridgehead atoms. The van der Waals surface area contributed by atoms with E-state index >= 15 is 0 Å². The summed E-state index contributed by atoms with van der Waals surface area (Å²) >= 11 is 6.12. The Kier molecular flexibility index (Phi) is 6.82. The molecule has 1 heterocycles. The van der Waals surface area contributed by atoms with Crippen LogP contribution in [0.25, 0.3) is 0 Å². The highest BCUT2D eigenvalue weighted by atomic mass is 35.5. The van der Waals surface area contributed by atoms with E-state index in [2.05, 4.69) is 5.32 Å². The van der Waals surface area contributed by atoms with E-state index in [-0.39, 0.29) is 22.8 Å². The van der Waals surface area contributed by atoms with Gasteiger partial charge in [-0.25, -0.2) is 8.42 Å². The largest absolute Gasteiger partial charge is 0.352 e. The molecule has 1 saturated carbocycles. The molecule has 1 N–H and O–H groups in total. The number of sulfonamides is 1. The van der Waals surface area contributed by atoms with Gasteiger partial charge in [-0.2, -0.15) is 4.31 Å². The van der Waals surface area contributed by atoms with Crippen LogP contribution in [0.4, 0.5) is 0 Å². The van der Waals surface area contributed by atoms with E-state index < -0.39 is 10.0 Å². The van der Waals surface area contributed by atoms with Gasteiger partial charge < -0.3 is 5.32 Å². The first-order chi connectivity index (χ1) is 12.9. The van der Waals surface area contributed by atoms with Crippen LogP contribution >= 0.6 is 11.6 Å². The lowest BCUT2D eigenvalue weighted by molar-refractivity contribution is -0.126. The number of hydrogen-bond donors (Lipinski definition) is 1. The van der Waals surface area contributed by atoms with Crippen LogP contribution < -0.4 is 5.32 Å². The molecule has 7 heteroatoms. The lowest BCUT2D eigenvalue weighted by Gasteiger charge is -2.33. The van der Waals surface area contributed by atoms with Gasteiger partial charge in [0.05, 0.1) is 4.90 Å². The molecule has 1 aromatic rings. The summed E-state index contributed by atoms with van der Waals surface area (Å²) < 4.78 is 27.7. The molecule has 1 amide bonds. The van der Waals surface area contributed by atoms with E-state index in [0.29, 0.717) is 23.7 Å². The second kappa shape index (κ2) is 8.93. The van der Waals surface area contributed by atoms with E-state index in [0.717, 1.165) is 38.5 Å². The van der Waals surface area contributed by atoms with Crippen molar-refractivity contribution in [2.75, 3.05) is 13.1 Å². The third kappa shape index (κ3) is 4.84. The first kappa shape index (κ1) is 20.6. The zero-order valence-corrected chi connectivity index (χ0v) is 17.5. The molecular weight excluding hydrogens is 384 g/mol. The van der Waals surface area contributed by atoms with Gasteiger partial charge >= 0.3 is 0 Å². The Morgan fingerprint density at radius 3 is 2.52 bits per heavy atom. The fourth-order valence-corrected chi connectivity index (χ4v) is 6.15. The summed E-state index contributed by atoms with van der Waals surface area (Å²) in [5.74, 6) is 0.176. The van der Waals surface area contributed by atoms with Crippen LogP contribution in [0.15, 0.2) is 23.1 Å². The number of nitrogens with one attached hydrogen (secondary N) is 1. The molecule has 150 valence electrons.